The zero-order chi connectivity index (χ0) is 36.3. The Bertz CT molecular complexity index is 1490. The minimum absolute atomic E-state index is 0.0209. The second kappa shape index (κ2) is 16.1. The number of ether oxygens (including phenoxy) is 3. The number of carbonyl (C=O) groups excluding carboxylic acids is 1. The first-order valence-corrected chi connectivity index (χ1v) is 18.5. The average Bonchev–Trinajstić information content (AvgIpc) is 3.77. The van der Waals surface area contributed by atoms with Crippen LogP contribution in [-0.2, 0) is 25.2 Å². The van der Waals surface area contributed by atoms with Gasteiger partial charge in [-0.2, -0.15) is 13.2 Å². The van der Waals surface area contributed by atoms with E-state index in [0.29, 0.717) is 76.5 Å². The number of carboxylic acid groups (broad SMARTS) is 1. The maximum atomic E-state index is 14.8. The highest BCUT2D eigenvalue weighted by atomic mass is 19.4. The number of hydrogen-bond acceptors (Lipinski definition) is 7. The van der Waals surface area contributed by atoms with Gasteiger partial charge >= 0.3 is 12.1 Å². The van der Waals surface area contributed by atoms with Gasteiger partial charge in [0.05, 0.1) is 43.3 Å². The number of alkyl halides is 3. The number of rotatable bonds is 11. The summed E-state index contributed by atoms with van der Waals surface area (Å²) >= 11 is 0. The molecule has 4 fully saturated rings. The molecule has 2 aromatic rings. The number of amides is 1. The third kappa shape index (κ3) is 8.33. The predicted molar refractivity (Wildman–Crippen MR) is 187 cm³/mol. The molecule has 0 spiro atoms. The Kier molecular flexibility index (Phi) is 11.8. The molecule has 280 valence electrons. The highest BCUT2D eigenvalue weighted by Gasteiger charge is 2.47. The molecular weight excluding hydrogens is 663 g/mol. The molecule has 2 aromatic carbocycles. The Morgan fingerprint density at radius 1 is 0.922 bits per heavy atom. The van der Waals surface area contributed by atoms with Crippen molar-refractivity contribution in [2.75, 3.05) is 65.1 Å². The number of nitrogens with zero attached hydrogens (tertiary/aromatic N) is 3. The van der Waals surface area contributed by atoms with Gasteiger partial charge in [-0.3, -0.25) is 14.5 Å². The van der Waals surface area contributed by atoms with Crippen molar-refractivity contribution in [3.63, 3.8) is 0 Å². The van der Waals surface area contributed by atoms with Crippen LogP contribution < -0.4 is 9.64 Å². The normalized spacial score (nSPS) is 28.0. The van der Waals surface area contributed by atoms with Gasteiger partial charge in [-0.15, -0.1) is 0 Å². The van der Waals surface area contributed by atoms with Crippen molar-refractivity contribution in [2.45, 2.75) is 88.1 Å². The lowest BCUT2D eigenvalue weighted by Crippen LogP contribution is -2.44. The summed E-state index contributed by atoms with van der Waals surface area (Å²) in [6.07, 6.45) is 1.14. The molecule has 1 aliphatic carbocycles. The van der Waals surface area contributed by atoms with Crippen LogP contribution in [0.15, 0.2) is 42.5 Å². The smallest absolute Gasteiger partial charge is 0.416 e. The second-order valence-corrected chi connectivity index (χ2v) is 14.7. The zero-order valence-corrected chi connectivity index (χ0v) is 29.9. The van der Waals surface area contributed by atoms with E-state index in [-0.39, 0.29) is 29.7 Å². The third-order valence-electron chi connectivity index (χ3n) is 11.8. The molecule has 0 unspecified atom stereocenters. The molecule has 4 atom stereocenters. The number of carbonyl (C=O) groups is 2. The molecule has 9 nitrogen and oxygen atoms in total. The standard InChI is InChI=1S/C39H52F3N3O6/c1-4-51-32-12-8-29(9-13-32)44-22-34(25-5-10-31(50-3)11-6-25)35(23-44)37(46)45-21-27(19-30(45)24-49-2)33-14-7-28(39(40,41)42)20-36(33)43-17-15-26(16-18-43)38(47)48/h5-7,10-11,14,20,26-27,29-30,32,34-35H,4,8-9,12-13,15-19,21-24H2,1-3H3,(H,47,48)/t27-,29-,30+,32-,34+,35-/m0/s1. The lowest BCUT2D eigenvalue weighted by Gasteiger charge is -2.35. The maximum Gasteiger partial charge on any atom is 0.416 e. The fraction of sp³-hybridized carbons (Fsp3) is 0.641. The molecule has 12 heteroatoms. The van der Waals surface area contributed by atoms with E-state index >= 15 is 0 Å². The van der Waals surface area contributed by atoms with Gasteiger partial charge in [0.2, 0.25) is 5.91 Å². The lowest BCUT2D eigenvalue weighted by atomic mass is 9.87. The van der Waals surface area contributed by atoms with E-state index in [1.54, 1.807) is 20.3 Å². The Hall–Kier alpha value is -3.35. The van der Waals surface area contributed by atoms with Gasteiger partial charge in [-0.05, 0) is 87.3 Å². The number of methoxy groups -OCH3 is 2. The molecule has 3 heterocycles. The maximum absolute atomic E-state index is 14.8. The summed E-state index contributed by atoms with van der Waals surface area (Å²) < 4.78 is 58.9. The quantitative estimate of drug-likeness (QED) is 0.286. The van der Waals surface area contributed by atoms with Crippen LogP contribution in [0.4, 0.5) is 18.9 Å². The summed E-state index contributed by atoms with van der Waals surface area (Å²) in [6.45, 7) is 5.58. The summed E-state index contributed by atoms with van der Waals surface area (Å²) in [5.41, 5.74) is 1.60. The summed E-state index contributed by atoms with van der Waals surface area (Å²) in [5.74, 6) is -1.08. The summed E-state index contributed by atoms with van der Waals surface area (Å²) in [6, 6.07) is 12.1. The van der Waals surface area contributed by atoms with Crippen molar-refractivity contribution in [1.82, 2.24) is 9.80 Å². The van der Waals surface area contributed by atoms with Gasteiger partial charge in [-0.25, -0.2) is 0 Å². The van der Waals surface area contributed by atoms with Gasteiger partial charge in [0.1, 0.15) is 5.75 Å². The van der Waals surface area contributed by atoms with Crippen molar-refractivity contribution >= 4 is 17.6 Å². The molecule has 51 heavy (non-hydrogen) atoms. The molecule has 3 aliphatic heterocycles. The van der Waals surface area contributed by atoms with Crippen molar-refractivity contribution < 1.29 is 42.1 Å². The predicted octanol–water partition coefficient (Wildman–Crippen LogP) is 6.41. The fourth-order valence-corrected chi connectivity index (χ4v) is 9.07. The van der Waals surface area contributed by atoms with E-state index in [1.165, 1.54) is 6.07 Å². The Balaban J connectivity index is 1.27. The van der Waals surface area contributed by atoms with E-state index in [0.717, 1.165) is 55.2 Å². The van der Waals surface area contributed by atoms with Crippen LogP contribution in [0, 0.1) is 11.8 Å². The molecule has 1 saturated carbocycles. The molecular formula is C39H52F3N3O6. The number of likely N-dealkylation sites (tertiary alicyclic amines) is 2. The molecule has 0 aromatic heterocycles. The largest absolute Gasteiger partial charge is 0.497 e. The lowest BCUT2D eigenvalue weighted by molar-refractivity contribution is -0.142. The van der Waals surface area contributed by atoms with Gasteiger partial charge in [-0.1, -0.05) is 18.2 Å². The Labute approximate surface area is 299 Å². The average molecular weight is 716 g/mol. The highest BCUT2D eigenvalue weighted by Crippen LogP contribution is 2.44. The number of halogens is 3. The first-order chi connectivity index (χ1) is 24.5. The summed E-state index contributed by atoms with van der Waals surface area (Å²) in [7, 11) is 3.25. The summed E-state index contributed by atoms with van der Waals surface area (Å²) in [5, 5.41) is 9.53. The minimum Gasteiger partial charge on any atom is -0.497 e. The van der Waals surface area contributed by atoms with Crippen LogP contribution in [0.5, 0.6) is 5.75 Å². The zero-order valence-electron chi connectivity index (χ0n) is 29.9. The van der Waals surface area contributed by atoms with Crippen LogP contribution in [0.25, 0.3) is 0 Å². The van der Waals surface area contributed by atoms with Crippen molar-refractivity contribution in [3.8, 4) is 5.75 Å². The number of carboxylic acids is 1. The molecule has 4 aliphatic rings. The van der Waals surface area contributed by atoms with E-state index in [4.69, 9.17) is 14.2 Å². The molecule has 0 radical (unpaired) electrons. The first kappa shape index (κ1) is 37.4. The van der Waals surface area contributed by atoms with Crippen LogP contribution >= 0.6 is 0 Å². The SMILES string of the molecule is CCO[C@H]1CC[C@H](N2C[C@H](C(=O)N3C[C@@H](c4ccc(C(F)(F)F)cc4N4CCC(C(=O)O)CC4)C[C@@H]3COC)[C@@H](c3ccc(OC)cc3)C2)CC1. The molecule has 3 saturated heterocycles. The van der Waals surface area contributed by atoms with Crippen LogP contribution in [0.3, 0.4) is 0 Å². The number of piperidine rings is 1. The molecule has 6 rings (SSSR count). The van der Waals surface area contributed by atoms with E-state index in [9.17, 15) is 27.9 Å². The van der Waals surface area contributed by atoms with Crippen molar-refractivity contribution in [1.29, 1.82) is 0 Å². The molecule has 0 bridgehead atoms. The summed E-state index contributed by atoms with van der Waals surface area (Å²) in [4.78, 5) is 32.8. The van der Waals surface area contributed by atoms with E-state index in [2.05, 4.69) is 17.0 Å². The van der Waals surface area contributed by atoms with Gasteiger partial charge in [0.15, 0.2) is 0 Å². The molecule has 1 amide bonds. The Morgan fingerprint density at radius 3 is 2.24 bits per heavy atom. The van der Waals surface area contributed by atoms with Gasteiger partial charge < -0.3 is 29.1 Å². The number of aliphatic carboxylic acids is 1. The second-order valence-electron chi connectivity index (χ2n) is 14.7. The monoisotopic (exact) mass is 715 g/mol. The van der Waals surface area contributed by atoms with Crippen LogP contribution in [0.2, 0.25) is 0 Å². The number of anilines is 1. The van der Waals surface area contributed by atoms with E-state index < -0.39 is 23.6 Å². The van der Waals surface area contributed by atoms with Gasteiger partial charge in [0.25, 0.3) is 0 Å². The van der Waals surface area contributed by atoms with Crippen LogP contribution in [-0.4, -0.2) is 105 Å². The number of benzene rings is 2. The van der Waals surface area contributed by atoms with Crippen molar-refractivity contribution in [2.24, 2.45) is 11.8 Å². The Morgan fingerprint density at radius 2 is 1.63 bits per heavy atom. The topological polar surface area (TPSA) is 91.8 Å². The molecule has 1 N–H and O–H groups in total. The first-order valence-electron chi connectivity index (χ1n) is 18.5. The minimum atomic E-state index is -4.52. The highest BCUT2D eigenvalue weighted by molar-refractivity contribution is 5.82. The van der Waals surface area contributed by atoms with Crippen molar-refractivity contribution in [3.05, 3.63) is 59.2 Å². The number of hydrogen-bond donors (Lipinski definition) is 1. The fourth-order valence-electron chi connectivity index (χ4n) is 9.07. The van der Waals surface area contributed by atoms with E-state index in [1.807, 2.05) is 28.9 Å². The third-order valence-corrected chi connectivity index (χ3v) is 11.8. The van der Waals surface area contributed by atoms with Gasteiger partial charge in [0, 0.05) is 70.0 Å². The van der Waals surface area contributed by atoms with Crippen LogP contribution in [0.1, 0.15) is 80.4 Å².